The highest BCUT2D eigenvalue weighted by molar-refractivity contribution is 9.10. The van der Waals surface area contributed by atoms with Crippen LogP contribution in [0, 0.1) is 6.92 Å². The first-order chi connectivity index (χ1) is 10.6. The molecule has 0 radical (unpaired) electrons. The summed E-state index contributed by atoms with van der Waals surface area (Å²) in [5, 5.41) is 4.61. The summed E-state index contributed by atoms with van der Waals surface area (Å²) in [4.78, 5) is 4.31. The molecule has 0 unspecified atom stereocenters. The van der Waals surface area contributed by atoms with Crippen LogP contribution in [0.5, 0.6) is 5.75 Å². The molecular formula is C16H12BrClN2O2. The van der Waals surface area contributed by atoms with Crippen molar-refractivity contribution in [2.24, 2.45) is 0 Å². The number of nitrogens with zero attached hydrogens (tertiary/aromatic N) is 2. The van der Waals surface area contributed by atoms with Crippen LogP contribution in [0.4, 0.5) is 0 Å². The topological polar surface area (TPSA) is 48.2 Å². The normalized spacial score (nSPS) is 10.7. The van der Waals surface area contributed by atoms with E-state index in [4.69, 9.17) is 20.9 Å². The van der Waals surface area contributed by atoms with Crippen LogP contribution in [0.1, 0.15) is 11.5 Å². The second-order valence-electron chi connectivity index (χ2n) is 4.72. The van der Waals surface area contributed by atoms with E-state index in [0.29, 0.717) is 16.7 Å². The maximum Gasteiger partial charge on any atom is 0.264 e. The number of benzene rings is 2. The van der Waals surface area contributed by atoms with Gasteiger partial charge in [-0.05, 0) is 55.0 Å². The minimum Gasteiger partial charge on any atom is -0.484 e. The quantitative estimate of drug-likeness (QED) is 0.637. The summed E-state index contributed by atoms with van der Waals surface area (Å²) in [6.07, 6.45) is 0. The average molecular weight is 380 g/mol. The Morgan fingerprint density at radius 2 is 1.95 bits per heavy atom. The zero-order valence-electron chi connectivity index (χ0n) is 11.7. The lowest BCUT2D eigenvalue weighted by molar-refractivity contribution is 0.243. The van der Waals surface area contributed by atoms with E-state index < -0.39 is 0 Å². The molecule has 0 atom stereocenters. The van der Waals surface area contributed by atoms with Crippen molar-refractivity contribution in [1.82, 2.24) is 10.1 Å². The highest BCUT2D eigenvalue weighted by atomic mass is 79.9. The number of halogens is 2. The monoisotopic (exact) mass is 378 g/mol. The number of hydrogen-bond donors (Lipinski definition) is 0. The molecule has 4 nitrogen and oxygen atoms in total. The summed E-state index contributed by atoms with van der Waals surface area (Å²) in [5.74, 6) is 1.69. The second kappa shape index (κ2) is 6.50. The molecule has 112 valence electrons. The number of rotatable bonds is 4. The molecule has 0 N–H and O–H groups in total. The van der Waals surface area contributed by atoms with Crippen LogP contribution in [0.3, 0.4) is 0 Å². The van der Waals surface area contributed by atoms with Gasteiger partial charge in [0.15, 0.2) is 6.61 Å². The Kier molecular flexibility index (Phi) is 4.45. The van der Waals surface area contributed by atoms with E-state index in [2.05, 4.69) is 26.1 Å². The van der Waals surface area contributed by atoms with E-state index in [-0.39, 0.29) is 6.61 Å². The molecule has 0 saturated heterocycles. The fourth-order valence-corrected chi connectivity index (χ4v) is 2.25. The highest BCUT2D eigenvalue weighted by Crippen LogP contribution is 2.23. The van der Waals surface area contributed by atoms with Gasteiger partial charge in [-0.3, -0.25) is 0 Å². The predicted octanol–water partition coefficient (Wildman–Crippen LogP) is 5.04. The Morgan fingerprint density at radius 1 is 1.18 bits per heavy atom. The largest absolute Gasteiger partial charge is 0.484 e. The van der Waals surface area contributed by atoms with Crippen molar-refractivity contribution in [3.05, 3.63) is 63.4 Å². The van der Waals surface area contributed by atoms with E-state index in [1.807, 2.05) is 37.3 Å². The van der Waals surface area contributed by atoms with E-state index >= 15 is 0 Å². The summed E-state index contributed by atoms with van der Waals surface area (Å²) in [7, 11) is 0. The van der Waals surface area contributed by atoms with E-state index in [1.54, 1.807) is 12.1 Å². The minimum atomic E-state index is 0.224. The molecule has 22 heavy (non-hydrogen) atoms. The van der Waals surface area contributed by atoms with E-state index in [0.717, 1.165) is 21.3 Å². The van der Waals surface area contributed by atoms with Crippen LogP contribution >= 0.6 is 27.5 Å². The van der Waals surface area contributed by atoms with Gasteiger partial charge in [0.05, 0.1) is 0 Å². The van der Waals surface area contributed by atoms with Gasteiger partial charge >= 0.3 is 0 Å². The fourth-order valence-electron chi connectivity index (χ4n) is 1.88. The molecule has 0 amide bonds. The highest BCUT2D eigenvalue weighted by Gasteiger charge is 2.09. The summed E-state index contributed by atoms with van der Waals surface area (Å²) >= 11 is 9.31. The van der Waals surface area contributed by atoms with Crippen LogP contribution in [0.15, 0.2) is 51.5 Å². The van der Waals surface area contributed by atoms with Crippen molar-refractivity contribution >= 4 is 27.5 Å². The SMILES string of the molecule is Cc1cc(OCc2nc(-c3ccc(Cl)cc3)no2)ccc1Br. The molecule has 1 aromatic heterocycles. The standard InChI is InChI=1S/C16H12BrClN2O2/c1-10-8-13(6-7-14(10)17)21-9-15-19-16(20-22-15)11-2-4-12(18)5-3-11/h2-8H,9H2,1H3. The Balaban J connectivity index is 1.69. The lowest BCUT2D eigenvalue weighted by Crippen LogP contribution is -1.96. The Bertz CT molecular complexity index is 787. The van der Waals surface area contributed by atoms with Crippen LogP contribution < -0.4 is 4.74 Å². The van der Waals surface area contributed by atoms with Crippen molar-refractivity contribution in [1.29, 1.82) is 0 Å². The summed E-state index contributed by atoms with van der Waals surface area (Å²) in [6, 6.07) is 13.0. The summed E-state index contributed by atoms with van der Waals surface area (Å²) in [5.41, 5.74) is 1.95. The number of ether oxygens (including phenoxy) is 1. The maximum atomic E-state index is 5.86. The third-order valence-corrected chi connectivity index (χ3v) is 4.20. The smallest absolute Gasteiger partial charge is 0.264 e. The molecule has 6 heteroatoms. The van der Waals surface area contributed by atoms with Gasteiger partial charge in [-0.2, -0.15) is 4.98 Å². The fraction of sp³-hybridized carbons (Fsp3) is 0.125. The van der Waals surface area contributed by atoms with Crippen LogP contribution in [-0.4, -0.2) is 10.1 Å². The predicted molar refractivity (Wildman–Crippen MR) is 88.0 cm³/mol. The van der Waals surface area contributed by atoms with Gasteiger partial charge in [0, 0.05) is 15.1 Å². The molecule has 1 heterocycles. The molecule has 0 spiro atoms. The lowest BCUT2D eigenvalue weighted by Gasteiger charge is -2.05. The van der Waals surface area contributed by atoms with Crippen molar-refractivity contribution < 1.29 is 9.26 Å². The van der Waals surface area contributed by atoms with Gasteiger partial charge in [-0.1, -0.05) is 32.7 Å². The number of hydrogen-bond acceptors (Lipinski definition) is 4. The molecule has 3 rings (SSSR count). The molecular weight excluding hydrogens is 368 g/mol. The zero-order chi connectivity index (χ0) is 15.5. The van der Waals surface area contributed by atoms with Crippen molar-refractivity contribution in [3.8, 4) is 17.1 Å². The third kappa shape index (κ3) is 3.48. The Hall–Kier alpha value is -1.85. The molecule has 0 aliphatic carbocycles. The van der Waals surface area contributed by atoms with Crippen LogP contribution in [-0.2, 0) is 6.61 Å². The van der Waals surface area contributed by atoms with Gasteiger partial charge in [0.25, 0.3) is 5.89 Å². The number of aryl methyl sites for hydroxylation is 1. The summed E-state index contributed by atoms with van der Waals surface area (Å²) in [6.45, 7) is 2.23. The zero-order valence-corrected chi connectivity index (χ0v) is 14.1. The molecule has 0 fully saturated rings. The van der Waals surface area contributed by atoms with Gasteiger partial charge < -0.3 is 9.26 Å². The van der Waals surface area contributed by atoms with Gasteiger partial charge in [-0.15, -0.1) is 0 Å². The molecule has 0 aliphatic heterocycles. The second-order valence-corrected chi connectivity index (χ2v) is 6.01. The first-order valence-electron chi connectivity index (χ1n) is 6.59. The third-order valence-electron chi connectivity index (χ3n) is 3.06. The van der Waals surface area contributed by atoms with Gasteiger partial charge in [0.2, 0.25) is 5.82 Å². The molecule has 2 aromatic carbocycles. The van der Waals surface area contributed by atoms with E-state index in [1.165, 1.54) is 0 Å². The van der Waals surface area contributed by atoms with Gasteiger partial charge in [-0.25, -0.2) is 0 Å². The Morgan fingerprint density at radius 3 is 2.68 bits per heavy atom. The first-order valence-corrected chi connectivity index (χ1v) is 7.76. The molecule has 0 saturated carbocycles. The molecule has 0 aliphatic rings. The maximum absolute atomic E-state index is 5.86. The molecule has 0 bridgehead atoms. The first kappa shape index (κ1) is 15.1. The summed E-state index contributed by atoms with van der Waals surface area (Å²) < 4.78 is 11.9. The number of aromatic nitrogens is 2. The van der Waals surface area contributed by atoms with E-state index in [9.17, 15) is 0 Å². The van der Waals surface area contributed by atoms with Crippen molar-refractivity contribution in [3.63, 3.8) is 0 Å². The Labute approximate surface area is 141 Å². The lowest BCUT2D eigenvalue weighted by atomic mass is 10.2. The van der Waals surface area contributed by atoms with Crippen molar-refractivity contribution in [2.45, 2.75) is 13.5 Å². The van der Waals surface area contributed by atoms with Crippen LogP contribution in [0.25, 0.3) is 11.4 Å². The molecule has 3 aromatic rings. The minimum absolute atomic E-state index is 0.224. The van der Waals surface area contributed by atoms with Crippen LogP contribution in [0.2, 0.25) is 5.02 Å². The average Bonchev–Trinajstić information content (AvgIpc) is 2.98. The van der Waals surface area contributed by atoms with Crippen molar-refractivity contribution in [2.75, 3.05) is 0 Å². The van der Waals surface area contributed by atoms with Gasteiger partial charge in [0.1, 0.15) is 5.75 Å².